The fraction of sp³-hybridized carbons (Fsp3) is 0.562. The first-order valence-corrected chi connectivity index (χ1v) is 7.40. The van der Waals surface area contributed by atoms with Gasteiger partial charge in [0.1, 0.15) is 12.4 Å². The fourth-order valence-corrected chi connectivity index (χ4v) is 2.34. The lowest BCUT2D eigenvalue weighted by Gasteiger charge is -2.12. The highest BCUT2D eigenvalue weighted by atomic mass is 16.5. The molecule has 0 radical (unpaired) electrons. The van der Waals surface area contributed by atoms with Gasteiger partial charge in [-0.1, -0.05) is 19.9 Å². The van der Waals surface area contributed by atoms with Gasteiger partial charge in [0.2, 0.25) is 0 Å². The molecule has 1 aromatic carbocycles. The Morgan fingerprint density at radius 2 is 2.10 bits per heavy atom. The van der Waals surface area contributed by atoms with Gasteiger partial charge in [0.15, 0.2) is 0 Å². The van der Waals surface area contributed by atoms with Crippen LogP contribution in [0.3, 0.4) is 0 Å². The van der Waals surface area contributed by atoms with E-state index in [1.165, 1.54) is 0 Å². The predicted octanol–water partition coefficient (Wildman–Crippen LogP) is 2.31. The molecule has 0 spiro atoms. The number of hydrogen-bond donors (Lipinski definition) is 1. The van der Waals surface area contributed by atoms with Crippen molar-refractivity contribution >= 4 is 11.0 Å². The second kappa shape index (κ2) is 7.54. The summed E-state index contributed by atoms with van der Waals surface area (Å²) >= 11 is 0. The first-order chi connectivity index (χ1) is 10.2. The Bertz CT molecular complexity index is 578. The number of hydrogen-bond acceptors (Lipinski definition) is 4. The average molecular weight is 291 g/mol. The Labute approximate surface area is 126 Å². The van der Waals surface area contributed by atoms with Gasteiger partial charge in [0.25, 0.3) is 0 Å². The van der Waals surface area contributed by atoms with Crippen LogP contribution in [0.1, 0.15) is 25.2 Å². The zero-order valence-electron chi connectivity index (χ0n) is 13.1. The smallest absolute Gasteiger partial charge is 0.136 e. The van der Waals surface area contributed by atoms with E-state index in [0.29, 0.717) is 32.3 Å². The number of imidazole rings is 1. The summed E-state index contributed by atoms with van der Waals surface area (Å²) in [5, 5.41) is 0. The van der Waals surface area contributed by atoms with E-state index >= 15 is 0 Å². The molecule has 0 unspecified atom stereocenters. The SMILES string of the molecule is COCCOCc1nc2cc(CN)ccc2n1CC(C)C. The van der Waals surface area contributed by atoms with Crippen LogP contribution >= 0.6 is 0 Å². The van der Waals surface area contributed by atoms with E-state index in [1.807, 2.05) is 0 Å². The molecule has 2 rings (SSSR count). The van der Waals surface area contributed by atoms with Gasteiger partial charge >= 0.3 is 0 Å². The van der Waals surface area contributed by atoms with Crippen LogP contribution in [0.5, 0.6) is 0 Å². The van der Waals surface area contributed by atoms with E-state index in [4.69, 9.17) is 20.2 Å². The number of rotatable bonds is 8. The van der Waals surface area contributed by atoms with Crippen molar-refractivity contribution in [2.24, 2.45) is 11.7 Å². The van der Waals surface area contributed by atoms with Crippen LogP contribution in [0, 0.1) is 5.92 Å². The number of nitrogens with zero attached hydrogens (tertiary/aromatic N) is 2. The molecule has 0 aliphatic rings. The predicted molar refractivity (Wildman–Crippen MR) is 84.0 cm³/mol. The fourth-order valence-electron chi connectivity index (χ4n) is 2.34. The number of fused-ring (bicyclic) bond motifs is 1. The van der Waals surface area contributed by atoms with E-state index in [2.05, 4.69) is 36.6 Å². The summed E-state index contributed by atoms with van der Waals surface area (Å²) in [4.78, 5) is 4.71. The summed E-state index contributed by atoms with van der Waals surface area (Å²) in [6.07, 6.45) is 0. The molecule has 21 heavy (non-hydrogen) atoms. The van der Waals surface area contributed by atoms with Gasteiger partial charge in [-0.15, -0.1) is 0 Å². The van der Waals surface area contributed by atoms with E-state index in [-0.39, 0.29) is 0 Å². The highest BCUT2D eigenvalue weighted by Crippen LogP contribution is 2.20. The van der Waals surface area contributed by atoms with E-state index < -0.39 is 0 Å². The Hall–Kier alpha value is -1.43. The first kappa shape index (κ1) is 15.9. The number of aromatic nitrogens is 2. The molecule has 5 heteroatoms. The van der Waals surface area contributed by atoms with Crippen molar-refractivity contribution in [3.8, 4) is 0 Å². The van der Waals surface area contributed by atoms with Crippen molar-refractivity contribution in [3.05, 3.63) is 29.6 Å². The third-order valence-electron chi connectivity index (χ3n) is 3.34. The van der Waals surface area contributed by atoms with Gasteiger partial charge in [0.05, 0.1) is 24.2 Å². The monoisotopic (exact) mass is 291 g/mol. The van der Waals surface area contributed by atoms with E-state index in [0.717, 1.165) is 29.0 Å². The highest BCUT2D eigenvalue weighted by Gasteiger charge is 2.12. The zero-order chi connectivity index (χ0) is 15.2. The van der Waals surface area contributed by atoms with Gasteiger partial charge in [-0.25, -0.2) is 4.98 Å². The van der Waals surface area contributed by atoms with E-state index in [1.54, 1.807) is 7.11 Å². The van der Waals surface area contributed by atoms with Crippen LogP contribution < -0.4 is 5.73 Å². The van der Waals surface area contributed by atoms with E-state index in [9.17, 15) is 0 Å². The maximum absolute atomic E-state index is 5.71. The maximum atomic E-state index is 5.71. The van der Waals surface area contributed by atoms with Gasteiger partial charge in [-0.3, -0.25) is 0 Å². The molecule has 2 aromatic rings. The van der Waals surface area contributed by atoms with Crippen LogP contribution in [0.25, 0.3) is 11.0 Å². The summed E-state index contributed by atoms with van der Waals surface area (Å²) in [7, 11) is 1.67. The second-order valence-electron chi connectivity index (χ2n) is 5.61. The number of nitrogens with two attached hydrogens (primary N) is 1. The molecule has 2 N–H and O–H groups in total. The number of methoxy groups -OCH3 is 1. The van der Waals surface area contributed by atoms with Crippen molar-refractivity contribution in [3.63, 3.8) is 0 Å². The normalized spacial score (nSPS) is 11.7. The molecule has 0 atom stereocenters. The Balaban J connectivity index is 2.27. The first-order valence-electron chi connectivity index (χ1n) is 7.40. The van der Waals surface area contributed by atoms with Crippen LogP contribution in [-0.4, -0.2) is 29.9 Å². The van der Waals surface area contributed by atoms with Gasteiger partial charge in [-0.05, 0) is 23.6 Å². The van der Waals surface area contributed by atoms with Crippen molar-refractivity contribution in [2.75, 3.05) is 20.3 Å². The molecule has 0 bridgehead atoms. The summed E-state index contributed by atoms with van der Waals surface area (Å²) < 4.78 is 12.9. The third-order valence-corrected chi connectivity index (χ3v) is 3.34. The molecular formula is C16H25N3O2. The van der Waals surface area contributed by atoms with Crippen molar-refractivity contribution in [1.29, 1.82) is 0 Å². The minimum absolute atomic E-state index is 0.503. The molecule has 0 saturated heterocycles. The standard InChI is InChI=1S/C16H25N3O2/c1-12(2)10-19-15-5-4-13(9-17)8-14(15)18-16(19)11-21-7-6-20-3/h4-5,8,12H,6-7,9-11,17H2,1-3H3. The Morgan fingerprint density at radius 3 is 2.76 bits per heavy atom. The molecule has 0 saturated carbocycles. The van der Waals surface area contributed by atoms with Gasteiger partial charge in [0, 0.05) is 20.2 Å². The van der Waals surface area contributed by atoms with Crippen molar-refractivity contribution in [1.82, 2.24) is 9.55 Å². The van der Waals surface area contributed by atoms with Crippen LogP contribution in [-0.2, 0) is 29.2 Å². The quantitative estimate of drug-likeness (QED) is 0.758. The Morgan fingerprint density at radius 1 is 1.29 bits per heavy atom. The highest BCUT2D eigenvalue weighted by molar-refractivity contribution is 5.77. The molecule has 0 aliphatic heterocycles. The van der Waals surface area contributed by atoms with Crippen molar-refractivity contribution in [2.45, 2.75) is 33.5 Å². The number of ether oxygens (including phenoxy) is 2. The lowest BCUT2D eigenvalue weighted by atomic mass is 10.2. The van der Waals surface area contributed by atoms with Crippen molar-refractivity contribution < 1.29 is 9.47 Å². The minimum atomic E-state index is 0.503. The summed E-state index contributed by atoms with van der Waals surface area (Å²) in [6.45, 7) is 7.55. The summed E-state index contributed by atoms with van der Waals surface area (Å²) in [5.74, 6) is 1.51. The Kier molecular flexibility index (Phi) is 5.73. The molecule has 116 valence electrons. The summed E-state index contributed by atoms with van der Waals surface area (Å²) in [5.41, 5.74) is 8.94. The molecule has 1 heterocycles. The van der Waals surface area contributed by atoms with Crippen LogP contribution in [0.4, 0.5) is 0 Å². The van der Waals surface area contributed by atoms with Gasteiger partial charge < -0.3 is 19.8 Å². The lowest BCUT2D eigenvalue weighted by molar-refractivity contribution is 0.0573. The average Bonchev–Trinajstić information content (AvgIpc) is 2.80. The molecule has 5 nitrogen and oxygen atoms in total. The van der Waals surface area contributed by atoms with Crippen LogP contribution in [0.2, 0.25) is 0 Å². The largest absolute Gasteiger partial charge is 0.382 e. The molecule has 0 amide bonds. The molecular weight excluding hydrogens is 266 g/mol. The second-order valence-corrected chi connectivity index (χ2v) is 5.61. The molecule has 0 aliphatic carbocycles. The maximum Gasteiger partial charge on any atom is 0.136 e. The lowest BCUT2D eigenvalue weighted by Crippen LogP contribution is -2.11. The number of benzene rings is 1. The third kappa shape index (κ3) is 4.03. The minimum Gasteiger partial charge on any atom is -0.382 e. The zero-order valence-corrected chi connectivity index (χ0v) is 13.1. The summed E-state index contributed by atoms with van der Waals surface area (Å²) in [6, 6.07) is 6.23. The van der Waals surface area contributed by atoms with Crippen LogP contribution in [0.15, 0.2) is 18.2 Å². The van der Waals surface area contributed by atoms with Gasteiger partial charge in [-0.2, -0.15) is 0 Å². The topological polar surface area (TPSA) is 62.3 Å². The molecule has 1 aromatic heterocycles. The molecule has 0 fully saturated rings.